The number of hydrogen-bond acceptors (Lipinski definition) is 4. The first kappa shape index (κ1) is 13.1. The number of para-hydroxylation sites is 2. The minimum atomic E-state index is 0.511. The first-order valence-corrected chi connectivity index (χ1v) is 7.73. The van der Waals surface area contributed by atoms with E-state index in [-0.39, 0.29) is 0 Å². The van der Waals surface area contributed by atoms with Crippen LogP contribution in [0.1, 0.15) is 30.5 Å². The zero-order valence-electron chi connectivity index (χ0n) is 11.7. The van der Waals surface area contributed by atoms with Crippen LogP contribution >= 0.6 is 11.3 Å². The molecule has 2 N–H and O–H groups in total. The topological polar surface area (TPSA) is 53.6 Å². The molecule has 3 aromatic rings. The number of fused-ring (bicyclic) bond motifs is 1. The van der Waals surface area contributed by atoms with Crippen LogP contribution in [0, 0.1) is 0 Å². The van der Waals surface area contributed by atoms with Crippen molar-refractivity contribution in [2.75, 3.05) is 11.9 Å². The molecule has 0 aliphatic rings. The van der Waals surface area contributed by atoms with E-state index in [1.54, 1.807) is 11.3 Å². The molecule has 0 atom stereocenters. The van der Waals surface area contributed by atoms with Gasteiger partial charge in [-0.15, -0.1) is 11.3 Å². The molecule has 4 nitrogen and oxygen atoms in total. The third-order valence-electron chi connectivity index (χ3n) is 3.13. The molecule has 2 aromatic heterocycles. The lowest BCUT2D eigenvalue weighted by molar-refractivity contribution is 0.835. The summed E-state index contributed by atoms with van der Waals surface area (Å²) in [6.45, 7) is 5.19. The average molecular weight is 286 g/mol. The minimum Gasteiger partial charge on any atom is -0.355 e. The summed E-state index contributed by atoms with van der Waals surface area (Å²) in [5, 5.41) is 6.68. The summed E-state index contributed by atoms with van der Waals surface area (Å²) >= 11 is 1.75. The van der Waals surface area contributed by atoms with Gasteiger partial charge in [0.25, 0.3) is 0 Å². The van der Waals surface area contributed by atoms with E-state index in [9.17, 15) is 0 Å². The van der Waals surface area contributed by atoms with Crippen LogP contribution in [0.15, 0.2) is 29.6 Å². The van der Waals surface area contributed by atoms with Crippen LogP contribution in [-0.4, -0.2) is 21.5 Å². The van der Waals surface area contributed by atoms with Crippen LogP contribution in [0.5, 0.6) is 0 Å². The Morgan fingerprint density at radius 2 is 2.10 bits per heavy atom. The van der Waals surface area contributed by atoms with Crippen molar-refractivity contribution in [2.24, 2.45) is 0 Å². The van der Waals surface area contributed by atoms with Gasteiger partial charge in [-0.25, -0.2) is 9.97 Å². The quantitative estimate of drug-likeness (QED) is 0.750. The SMILES string of the molecule is CC(C)c1nc(CCNc2nc3ccccc3[nH]2)cs1. The lowest BCUT2D eigenvalue weighted by Gasteiger charge is -2.00. The summed E-state index contributed by atoms with van der Waals surface area (Å²) in [6, 6.07) is 8.04. The van der Waals surface area contributed by atoms with E-state index in [2.05, 4.69) is 39.5 Å². The third-order valence-corrected chi connectivity index (χ3v) is 4.32. The molecule has 3 rings (SSSR count). The first-order chi connectivity index (χ1) is 9.72. The Labute approximate surface area is 122 Å². The summed E-state index contributed by atoms with van der Waals surface area (Å²) in [7, 11) is 0. The smallest absolute Gasteiger partial charge is 0.201 e. The van der Waals surface area contributed by atoms with Gasteiger partial charge >= 0.3 is 0 Å². The number of thiazole rings is 1. The van der Waals surface area contributed by atoms with E-state index >= 15 is 0 Å². The van der Waals surface area contributed by atoms with E-state index in [0.717, 1.165) is 35.6 Å². The second-order valence-corrected chi connectivity index (χ2v) is 6.00. The molecule has 0 fully saturated rings. The van der Waals surface area contributed by atoms with Crippen molar-refractivity contribution >= 4 is 28.3 Å². The molecule has 0 aliphatic carbocycles. The number of anilines is 1. The number of benzene rings is 1. The second kappa shape index (κ2) is 5.63. The highest BCUT2D eigenvalue weighted by Gasteiger charge is 2.06. The summed E-state index contributed by atoms with van der Waals surface area (Å²) < 4.78 is 0. The van der Waals surface area contributed by atoms with Gasteiger partial charge in [0.15, 0.2) is 0 Å². The number of imidazole rings is 1. The number of aromatic nitrogens is 3. The van der Waals surface area contributed by atoms with Crippen LogP contribution in [-0.2, 0) is 6.42 Å². The Balaban J connectivity index is 1.59. The lowest BCUT2D eigenvalue weighted by atomic mass is 10.2. The van der Waals surface area contributed by atoms with Crippen molar-refractivity contribution in [1.29, 1.82) is 0 Å². The molecule has 2 heterocycles. The number of aromatic amines is 1. The van der Waals surface area contributed by atoms with Gasteiger partial charge < -0.3 is 10.3 Å². The molecule has 0 amide bonds. The van der Waals surface area contributed by atoms with E-state index in [1.165, 1.54) is 5.01 Å². The molecule has 0 saturated heterocycles. The number of rotatable bonds is 5. The molecule has 0 saturated carbocycles. The van der Waals surface area contributed by atoms with Crippen molar-refractivity contribution in [1.82, 2.24) is 15.0 Å². The van der Waals surface area contributed by atoms with Crippen molar-refractivity contribution in [2.45, 2.75) is 26.2 Å². The summed E-state index contributed by atoms with van der Waals surface area (Å²) in [6.07, 6.45) is 0.917. The van der Waals surface area contributed by atoms with Crippen molar-refractivity contribution < 1.29 is 0 Å². The monoisotopic (exact) mass is 286 g/mol. The minimum absolute atomic E-state index is 0.511. The second-order valence-electron chi connectivity index (χ2n) is 5.11. The Bertz CT molecular complexity index is 666. The molecule has 0 aliphatic heterocycles. The molecule has 104 valence electrons. The maximum Gasteiger partial charge on any atom is 0.201 e. The van der Waals surface area contributed by atoms with Crippen LogP contribution in [0.2, 0.25) is 0 Å². The summed E-state index contributed by atoms with van der Waals surface area (Å²) in [4.78, 5) is 12.4. The fourth-order valence-corrected chi connectivity index (χ4v) is 2.92. The van der Waals surface area contributed by atoms with E-state index in [4.69, 9.17) is 0 Å². The Morgan fingerprint density at radius 3 is 2.85 bits per heavy atom. The van der Waals surface area contributed by atoms with E-state index in [1.807, 2.05) is 24.3 Å². The van der Waals surface area contributed by atoms with E-state index in [0.29, 0.717) is 5.92 Å². The Morgan fingerprint density at radius 1 is 1.25 bits per heavy atom. The van der Waals surface area contributed by atoms with Gasteiger partial charge in [0.2, 0.25) is 5.95 Å². The van der Waals surface area contributed by atoms with Crippen LogP contribution in [0.3, 0.4) is 0 Å². The largest absolute Gasteiger partial charge is 0.355 e. The molecule has 0 bridgehead atoms. The number of H-pyrrole nitrogens is 1. The van der Waals surface area contributed by atoms with Crippen molar-refractivity contribution in [3.8, 4) is 0 Å². The highest BCUT2D eigenvalue weighted by Crippen LogP contribution is 2.19. The molecule has 20 heavy (non-hydrogen) atoms. The zero-order chi connectivity index (χ0) is 13.9. The number of nitrogens with zero attached hydrogens (tertiary/aromatic N) is 2. The maximum absolute atomic E-state index is 4.63. The number of hydrogen-bond donors (Lipinski definition) is 2. The van der Waals surface area contributed by atoms with Gasteiger partial charge in [-0.3, -0.25) is 0 Å². The van der Waals surface area contributed by atoms with Crippen LogP contribution < -0.4 is 5.32 Å². The lowest BCUT2D eigenvalue weighted by Crippen LogP contribution is -2.06. The molecule has 0 unspecified atom stereocenters. The van der Waals surface area contributed by atoms with Gasteiger partial charge in [0.05, 0.1) is 21.7 Å². The maximum atomic E-state index is 4.63. The summed E-state index contributed by atoms with van der Waals surface area (Å²) in [5.41, 5.74) is 3.21. The zero-order valence-corrected chi connectivity index (χ0v) is 12.5. The molecule has 1 aromatic carbocycles. The van der Waals surface area contributed by atoms with Gasteiger partial charge in [0.1, 0.15) is 0 Å². The molecule has 0 radical (unpaired) electrons. The molecular formula is C15H18N4S. The van der Waals surface area contributed by atoms with E-state index < -0.39 is 0 Å². The van der Waals surface area contributed by atoms with Crippen LogP contribution in [0.4, 0.5) is 5.95 Å². The fraction of sp³-hybridized carbons (Fsp3) is 0.333. The third kappa shape index (κ3) is 2.82. The molecular weight excluding hydrogens is 268 g/mol. The highest BCUT2D eigenvalue weighted by molar-refractivity contribution is 7.09. The Kier molecular flexibility index (Phi) is 3.69. The highest BCUT2D eigenvalue weighted by atomic mass is 32.1. The predicted molar refractivity (Wildman–Crippen MR) is 84.5 cm³/mol. The van der Waals surface area contributed by atoms with Gasteiger partial charge in [-0.2, -0.15) is 0 Å². The summed E-state index contributed by atoms with van der Waals surface area (Å²) in [5.74, 6) is 1.34. The fourth-order valence-electron chi connectivity index (χ4n) is 2.05. The average Bonchev–Trinajstić information content (AvgIpc) is 3.04. The molecule has 0 spiro atoms. The Hall–Kier alpha value is -1.88. The predicted octanol–water partition coefficient (Wildman–Crippen LogP) is 3.80. The van der Waals surface area contributed by atoms with Crippen LogP contribution in [0.25, 0.3) is 11.0 Å². The number of nitrogens with one attached hydrogen (secondary N) is 2. The van der Waals surface area contributed by atoms with Gasteiger partial charge in [0, 0.05) is 24.3 Å². The van der Waals surface area contributed by atoms with Gasteiger partial charge in [-0.1, -0.05) is 26.0 Å². The molecule has 5 heteroatoms. The first-order valence-electron chi connectivity index (χ1n) is 6.85. The van der Waals surface area contributed by atoms with Crippen molar-refractivity contribution in [3.63, 3.8) is 0 Å². The standard InChI is InChI=1S/C15H18N4S/c1-10(2)14-17-11(9-20-14)7-8-16-15-18-12-5-3-4-6-13(12)19-15/h3-6,9-10H,7-8H2,1-2H3,(H2,16,18,19). The van der Waals surface area contributed by atoms with Gasteiger partial charge in [-0.05, 0) is 12.1 Å². The van der Waals surface area contributed by atoms with Crippen molar-refractivity contribution in [3.05, 3.63) is 40.3 Å². The normalized spacial score (nSPS) is 11.3.